The lowest BCUT2D eigenvalue weighted by Gasteiger charge is -2.21. The average Bonchev–Trinajstić information content (AvgIpc) is 2.93. The minimum Gasteiger partial charge on any atom is -0.357 e. The van der Waals surface area contributed by atoms with E-state index >= 15 is 0 Å². The van der Waals surface area contributed by atoms with E-state index in [2.05, 4.69) is 20.7 Å². The molecule has 2 rings (SSSR count). The van der Waals surface area contributed by atoms with E-state index < -0.39 is 0 Å². The summed E-state index contributed by atoms with van der Waals surface area (Å²) in [5, 5.41) is 6.85. The summed E-state index contributed by atoms with van der Waals surface area (Å²) in [6.45, 7) is 6.10. The first-order valence-corrected chi connectivity index (χ1v) is 9.09. The number of nitrogens with one attached hydrogen (secondary N) is 1. The number of nitrogens with zero attached hydrogens (tertiary/aromatic N) is 3. The number of thiazole rings is 1. The van der Waals surface area contributed by atoms with E-state index in [9.17, 15) is 4.39 Å². The molecule has 1 aromatic heterocycles. The van der Waals surface area contributed by atoms with Crippen molar-refractivity contribution in [3.05, 3.63) is 50.7 Å². The number of halogens is 2. The Morgan fingerprint density at radius 3 is 2.88 bits per heavy atom. The Labute approximate surface area is 151 Å². The Hall–Kier alpha value is -1.66. The number of aryl methyl sites for hydroxylation is 1. The summed E-state index contributed by atoms with van der Waals surface area (Å²) in [6.07, 6.45) is 0.664. The molecule has 0 aliphatic carbocycles. The fraction of sp³-hybridized carbons (Fsp3) is 0.412. The molecule has 4 nitrogen and oxygen atoms in total. The molecule has 0 fully saturated rings. The molecule has 0 radical (unpaired) electrons. The number of aliphatic imine (C=N–C) groups is 1. The van der Waals surface area contributed by atoms with Crippen molar-refractivity contribution in [1.29, 1.82) is 0 Å². The second kappa shape index (κ2) is 8.99. The molecule has 0 spiro atoms. The van der Waals surface area contributed by atoms with Gasteiger partial charge in [-0.2, -0.15) is 0 Å². The van der Waals surface area contributed by atoms with Gasteiger partial charge in [0, 0.05) is 30.5 Å². The number of benzene rings is 1. The molecule has 0 aliphatic rings. The summed E-state index contributed by atoms with van der Waals surface area (Å²) in [6, 6.07) is 4.47. The summed E-state index contributed by atoms with van der Waals surface area (Å²) < 4.78 is 13.1. The first-order valence-electron chi connectivity index (χ1n) is 7.84. The molecule has 0 bridgehead atoms. The molecule has 130 valence electrons. The monoisotopic (exact) mass is 368 g/mol. The first kappa shape index (κ1) is 18.7. The molecular weight excluding hydrogens is 347 g/mol. The topological polar surface area (TPSA) is 40.5 Å². The van der Waals surface area contributed by atoms with Crippen LogP contribution in [0, 0.1) is 12.7 Å². The molecule has 0 atom stereocenters. The van der Waals surface area contributed by atoms with Crippen LogP contribution in [0.5, 0.6) is 0 Å². The summed E-state index contributed by atoms with van der Waals surface area (Å²) in [5.74, 6) is 0.500. The number of hydrogen-bond donors (Lipinski definition) is 1. The van der Waals surface area contributed by atoms with Gasteiger partial charge >= 0.3 is 0 Å². The third-order valence-corrected chi connectivity index (χ3v) is 4.59. The van der Waals surface area contributed by atoms with Crippen LogP contribution in [-0.2, 0) is 13.0 Å². The van der Waals surface area contributed by atoms with Gasteiger partial charge in [-0.05, 0) is 38.0 Å². The molecule has 1 aromatic carbocycles. The normalized spacial score (nSPS) is 11.6. The van der Waals surface area contributed by atoms with Crippen molar-refractivity contribution >= 4 is 28.9 Å². The predicted octanol–water partition coefficient (Wildman–Crippen LogP) is 3.88. The maximum absolute atomic E-state index is 13.1. The van der Waals surface area contributed by atoms with Crippen molar-refractivity contribution < 1.29 is 4.39 Å². The Kier molecular flexibility index (Phi) is 6.99. The molecule has 0 amide bonds. The standard InChI is InChI=1S/C17H22ClFN4S/c1-4-20-17(23(3)10-15-11-24-12(2)22-15)21-8-7-13-5-6-14(19)9-16(13)18/h5-6,9,11H,4,7-8,10H2,1-3H3,(H,20,21). The third kappa shape index (κ3) is 5.46. The van der Waals surface area contributed by atoms with Gasteiger partial charge in [0.05, 0.1) is 17.2 Å². The summed E-state index contributed by atoms with van der Waals surface area (Å²) in [4.78, 5) is 11.2. The van der Waals surface area contributed by atoms with Gasteiger partial charge < -0.3 is 10.2 Å². The molecule has 0 saturated carbocycles. The smallest absolute Gasteiger partial charge is 0.194 e. The minimum atomic E-state index is -0.320. The molecule has 1 heterocycles. The Balaban J connectivity index is 1.98. The zero-order valence-electron chi connectivity index (χ0n) is 14.1. The van der Waals surface area contributed by atoms with Crippen molar-refractivity contribution in [3.63, 3.8) is 0 Å². The Morgan fingerprint density at radius 1 is 1.46 bits per heavy atom. The van der Waals surface area contributed by atoms with E-state index in [1.54, 1.807) is 17.4 Å². The van der Waals surface area contributed by atoms with E-state index in [1.165, 1.54) is 12.1 Å². The van der Waals surface area contributed by atoms with Crippen LogP contribution >= 0.6 is 22.9 Å². The molecule has 0 saturated heterocycles. The van der Waals surface area contributed by atoms with Crippen molar-refractivity contribution in [2.75, 3.05) is 20.1 Å². The van der Waals surface area contributed by atoms with Crippen LogP contribution in [0.1, 0.15) is 23.2 Å². The van der Waals surface area contributed by atoms with Gasteiger partial charge in [-0.1, -0.05) is 17.7 Å². The molecule has 1 N–H and O–H groups in total. The SMILES string of the molecule is CCNC(=NCCc1ccc(F)cc1Cl)N(C)Cc1csc(C)n1. The largest absolute Gasteiger partial charge is 0.357 e. The van der Waals surface area contributed by atoms with Crippen LogP contribution < -0.4 is 5.32 Å². The van der Waals surface area contributed by atoms with Crippen molar-refractivity contribution in [1.82, 2.24) is 15.2 Å². The predicted molar refractivity (Wildman–Crippen MR) is 99.4 cm³/mol. The van der Waals surface area contributed by atoms with Crippen molar-refractivity contribution in [3.8, 4) is 0 Å². The fourth-order valence-corrected chi connectivity index (χ4v) is 3.14. The zero-order valence-corrected chi connectivity index (χ0v) is 15.7. The maximum Gasteiger partial charge on any atom is 0.194 e. The van der Waals surface area contributed by atoms with Crippen LogP contribution in [0.3, 0.4) is 0 Å². The molecule has 7 heteroatoms. The van der Waals surface area contributed by atoms with Crippen LogP contribution in [0.25, 0.3) is 0 Å². The quantitative estimate of drug-likeness (QED) is 0.621. The number of hydrogen-bond acceptors (Lipinski definition) is 3. The molecular formula is C17H22ClFN4S. The van der Waals surface area contributed by atoms with E-state index in [4.69, 9.17) is 11.6 Å². The summed E-state index contributed by atoms with van der Waals surface area (Å²) >= 11 is 7.70. The van der Waals surface area contributed by atoms with Gasteiger partial charge in [-0.3, -0.25) is 4.99 Å². The molecule has 0 aliphatic heterocycles. The molecule has 24 heavy (non-hydrogen) atoms. The second-order valence-corrected chi connectivity index (χ2v) is 6.90. The highest BCUT2D eigenvalue weighted by Crippen LogP contribution is 2.17. The van der Waals surface area contributed by atoms with Crippen molar-refractivity contribution in [2.45, 2.75) is 26.8 Å². The average molecular weight is 369 g/mol. The Morgan fingerprint density at radius 2 is 2.25 bits per heavy atom. The highest BCUT2D eigenvalue weighted by atomic mass is 35.5. The zero-order chi connectivity index (χ0) is 17.5. The van der Waals surface area contributed by atoms with Crippen LogP contribution in [0.2, 0.25) is 5.02 Å². The van der Waals surface area contributed by atoms with Gasteiger partial charge in [-0.25, -0.2) is 9.37 Å². The van der Waals surface area contributed by atoms with Gasteiger partial charge in [0.25, 0.3) is 0 Å². The second-order valence-electron chi connectivity index (χ2n) is 5.44. The number of guanidine groups is 1. The maximum atomic E-state index is 13.1. The first-order chi connectivity index (χ1) is 11.5. The summed E-state index contributed by atoms with van der Waals surface area (Å²) in [5.41, 5.74) is 1.93. The van der Waals surface area contributed by atoms with Crippen LogP contribution in [0.4, 0.5) is 4.39 Å². The number of aromatic nitrogens is 1. The van der Waals surface area contributed by atoms with Crippen molar-refractivity contribution in [2.24, 2.45) is 4.99 Å². The van der Waals surface area contributed by atoms with Crippen LogP contribution in [-0.4, -0.2) is 36.0 Å². The lowest BCUT2D eigenvalue weighted by molar-refractivity contribution is 0.471. The lowest BCUT2D eigenvalue weighted by Crippen LogP contribution is -2.38. The number of rotatable bonds is 6. The highest BCUT2D eigenvalue weighted by molar-refractivity contribution is 7.09. The van der Waals surface area contributed by atoms with Gasteiger partial charge in [0.2, 0.25) is 0 Å². The van der Waals surface area contributed by atoms with E-state index in [-0.39, 0.29) is 5.82 Å². The van der Waals surface area contributed by atoms with E-state index in [0.29, 0.717) is 24.5 Å². The fourth-order valence-electron chi connectivity index (χ4n) is 2.28. The van der Waals surface area contributed by atoms with Gasteiger partial charge in [0.15, 0.2) is 5.96 Å². The minimum absolute atomic E-state index is 0.320. The molecule has 0 unspecified atom stereocenters. The third-order valence-electron chi connectivity index (χ3n) is 3.42. The molecule has 2 aromatic rings. The van der Waals surface area contributed by atoms with Crippen LogP contribution in [0.15, 0.2) is 28.6 Å². The van der Waals surface area contributed by atoms with E-state index in [0.717, 1.165) is 28.8 Å². The Bertz CT molecular complexity index is 702. The van der Waals surface area contributed by atoms with Gasteiger partial charge in [0.1, 0.15) is 5.82 Å². The highest BCUT2D eigenvalue weighted by Gasteiger charge is 2.09. The summed E-state index contributed by atoms with van der Waals surface area (Å²) in [7, 11) is 1.99. The lowest BCUT2D eigenvalue weighted by atomic mass is 10.1. The van der Waals surface area contributed by atoms with Gasteiger partial charge in [-0.15, -0.1) is 11.3 Å². The van der Waals surface area contributed by atoms with E-state index in [1.807, 2.05) is 25.8 Å².